The summed E-state index contributed by atoms with van der Waals surface area (Å²) >= 11 is 15.3. The summed E-state index contributed by atoms with van der Waals surface area (Å²) in [5.74, 6) is 0.823. The molecule has 0 aliphatic carbocycles. The Kier molecular flexibility index (Phi) is 4.50. The van der Waals surface area contributed by atoms with Crippen molar-refractivity contribution >= 4 is 50.9 Å². The van der Waals surface area contributed by atoms with Crippen molar-refractivity contribution < 1.29 is 0 Å². The number of nitrogens with two attached hydrogens (primary N) is 1. The van der Waals surface area contributed by atoms with Crippen LogP contribution < -0.4 is 11.1 Å². The predicted molar refractivity (Wildman–Crippen MR) is 82.6 cm³/mol. The first-order valence-electron chi connectivity index (χ1n) is 5.47. The van der Waals surface area contributed by atoms with Crippen molar-refractivity contribution in [3.8, 4) is 0 Å². The highest BCUT2D eigenvalue weighted by molar-refractivity contribution is 9.10. The zero-order chi connectivity index (χ0) is 14.0. The molecule has 0 spiro atoms. The Bertz CT molecular complexity index is 586. The number of halogens is 3. The van der Waals surface area contributed by atoms with Gasteiger partial charge in [0.2, 0.25) is 5.95 Å². The molecule has 7 heteroatoms. The Morgan fingerprint density at radius 1 is 1.26 bits per heavy atom. The van der Waals surface area contributed by atoms with Gasteiger partial charge in [0.25, 0.3) is 0 Å². The van der Waals surface area contributed by atoms with Gasteiger partial charge in [-0.3, -0.25) is 0 Å². The maximum absolute atomic E-state index is 6.15. The third-order valence-electron chi connectivity index (χ3n) is 2.49. The molecule has 0 aliphatic heterocycles. The van der Waals surface area contributed by atoms with Crippen molar-refractivity contribution in [2.75, 3.05) is 11.1 Å². The van der Waals surface area contributed by atoms with Gasteiger partial charge in [0.1, 0.15) is 10.4 Å². The molecule has 0 radical (unpaired) electrons. The van der Waals surface area contributed by atoms with Crippen LogP contribution in [0.4, 0.5) is 11.8 Å². The summed E-state index contributed by atoms with van der Waals surface area (Å²) in [6.45, 7) is 1.95. The van der Waals surface area contributed by atoms with Crippen molar-refractivity contribution in [3.63, 3.8) is 0 Å². The maximum atomic E-state index is 6.15. The number of nitrogens with one attached hydrogen (secondary N) is 1. The fraction of sp³-hybridized carbons (Fsp3) is 0.167. The summed E-state index contributed by atoms with van der Waals surface area (Å²) in [4.78, 5) is 8.30. The minimum Gasteiger partial charge on any atom is -0.383 e. The second-order valence-corrected chi connectivity index (χ2v) is 5.63. The van der Waals surface area contributed by atoms with Gasteiger partial charge in [0, 0.05) is 16.1 Å². The molecule has 1 unspecified atom stereocenters. The van der Waals surface area contributed by atoms with E-state index in [1.807, 2.05) is 13.0 Å². The molecule has 0 bridgehead atoms. The molecular weight excluding hydrogens is 351 g/mol. The van der Waals surface area contributed by atoms with Crippen molar-refractivity contribution in [2.45, 2.75) is 13.0 Å². The van der Waals surface area contributed by atoms with Gasteiger partial charge in [-0.2, -0.15) is 4.98 Å². The first-order chi connectivity index (χ1) is 8.95. The molecule has 0 amide bonds. The van der Waals surface area contributed by atoms with E-state index in [0.717, 1.165) is 5.56 Å². The molecular formula is C12H11BrCl2N4. The SMILES string of the molecule is CC(Nc1nc(N)cc(Br)n1)c1ccc(Cl)cc1Cl. The molecule has 0 fully saturated rings. The Morgan fingerprint density at radius 3 is 2.63 bits per heavy atom. The Hall–Kier alpha value is -1.04. The third kappa shape index (κ3) is 3.72. The zero-order valence-corrected chi connectivity index (χ0v) is 13.1. The standard InChI is InChI=1S/C12H11BrCl2N4/c1-6(8-3-2-7(14)4-9(8)15)17-12-18-10(13)5-11(16)19-12/h2-6H,1H3,(H3,16,17,18,19). The number of hydrogen-bond acceptors (Lipinski definition) is 4. The van der Waals surface area contributed by atoms with Crippen molar-refractivity contribution in [3.05, 3.63) is 44.5 Å². The summed E-state index contributed by atoms with van der Waals surface area (Å²) in [6, 6.07) is 6.91. The van der Waals surface area contributed by atoms with Gasteiger partial charge < -0.3 is 11.1 Å². The first-order valence-corrected chi connectivity index (χ1v) is 7.02. The highest BCUT2D eigenvalue weighted by Crippen LogP contribution is 2.28. The van der Waals surface area contributed by atoms with E-state index < -0.39 is 0 Å². The minimum atomic E-state index is -0.0709. The van der Waals surface area contributed by atoms with E-state index in [9.17, 15) is 0 Å². The largest absolute Gasteiger partial charge is 0.383 e. The average molecular weight is 362 g/mol. The molecule has 4 nitrogen and oxygen atoms in total. The molecule has 0 saturated carbocycles. The van der Waals surface area contributed by atoms with E-state index in [1.165, 1.54) is 0 Å². The molecule has 0 saturated heterocycles. The Morgan fingerprint density at radius 2 is 2.00 bits per heavy atom. The fourth-order valence-corrected chi connectivity index (χ4v) is 2.60. The van der Waals surface area contributed by atoms with Gasteiger partial charge in [-0.1, -0.05) is 29.3 Å². The van der Waals surface area contributed by atoms with Gasteiger partial charge in [0.15, 0.2) is 0 Å². The van der Waals surface area contributed by atoms with Gasteiger partial charge in [0.05, 0.1) is 6.04 Å². The summed E-state index contributed by atoms with van der Waals surface area (Å²) in [5, 5.41) is 4.33. The smallest absolute Gasteiger partial charge is 0.226 e. The van der Waals surface area contributed by atoms with Crippen LogP contribution in [-0.2, 0) is 0 Å². The minimum absolute atomic E-state index is 0.0709. The topological polar surface area (TPSA) is 63.8 Å². The van der Waals surface area contributed by atoms with Crippen molar-refractivity contribution in [1.82, 2.24) is 9.97 Å². The number of aromatic nitrogens is 2. The summed E-state index contributed by atoms with van der Waals surface area (Å²) in [6.07, 6.45) is 0. The molecule has 1 heterocycles. The number of benzene rings is 1. The molecule has 100 valence electrons. The number of hydrogen-bond donors (Lipinski definition) is 2. The maximum Gasteiger partial charge on any atom is 0.226 e. The highest BCUT2D eigenvalue weighted by atomic mass is 79.9. The van der Waals surface area contributed by atoms with Gasteiger partial charge in [-0.25, -0.2) is 4.98 Å². The lowest BCUT2D eigenvalue weighted by Gasteiger charge is -2.16. The van der Waals surface area contributed by atoms with Crippen LogP contribution in [0.15, 0.2) is 28.9 Å². The predicted octanol–water partition coefficient (Wildman–Crippen LogP) is 4.30. The fourth-order valence-electron chi connectivity index (χ4n) is 1.62. The number of nitrogens with zero attached hydrogens (tertiary/aromatic N) is 2. The molecule has 2 aromatic rings. The number of anilines is 2. The van der Waals surface area contributed by atoms with E-state index in [-0.39, 0.29) is 6.04 Å². The van der Waals surface area contributed by atoms with Crippen LogP contribution in [0, 0.1) is 0 Å². The summed E-state index contributed by atoms with van der Waals surface area (Å²) in [5.41, 5.74) is 6.57. The zero-order valence-electron chi connectivity index (χ0n) is 9.99. The number of nitrogen functional groups attached to an aromatic ring is 1. The lowest BCUT2D eigenvalue weighted by molar-refractivity contribution is 0.860. The normalized spacial score (nSPS) is 12.2. The van der Waals surface area contributed by atoms with E-state index in [1.54, 1.807) is 18.2 Å². The van der Waals surface area contributed by atoms with Crippen LogP contribution in [0.3, 0.4) is 0 Å². The summed E-state index contributed by atoms with van der Waals surface area (Å²) in [7, 11) is 0. The molecule has 2 rings (SSSR count). The lowest BCUT2D eigenvalue weighted by Crippen LogP contribution is -2.11. The average Bonchev–Trinajstić information content (AvgIpc) is 2.26. The van der Waals surface area contributed by atoms with E-state index in [4.69, 9.17) is 28.9 Å². The van der Waals surface area contributed by atoms with Crippen LogP contribution in [0.2, 0.25) is 10.0 Å². The molecule has 19 heavy (non-hydrogen) atoms. The van der Waals surface area contributed by atoms with E-state index in [2.05, 4.69) is 31.2 Å². The van der Waals surface area contributed by atoms with Crippen LogP contribution in [0.5, 0.6) is 0 Å². The molecule has 1 atom stereocenters. The van der Waals surface area contributed by atoms with Crippen LogP contribution in [-0.4, -0.2) is 9.97 Å². The monoisotopic (exact) mass is 360 g/mol. The molecule has 1 aromatic heterocycles. The van der Waals surface area contributed by atoms with Crippen LogP contribution >= 0.6 is 39.1 Å². The molecule has 3 N–H and O–H groups in total. The second-order valence-electron chi connectivity index (χ2n) is 3.97. The van der Waals surface area contributed by atoms with Crippen molar-refractivity contribution in [1.29, 1.82) is 0 Å². The lowest BCUT2D eigenvalue weighted by atomic mass is 10.1. The Balaban J connectivity index is 2.22. The van der Waals surface area contributed by atoms with Crippen molar-refractivity contribution in [2.24, 2.45) is 0 Å². The quantitative estimate of drug-likeness (QED) is 0.800. The van der Waals surface area contributed by atoms with Gasteiger partial charge >= 0.3 is 0 Å². The van der Waals surface area contributed by atoms with E-state index >= 15 is 0 Å². The molecule has 0 aliphatic rings. The number of rotatable bonds is 3. The van der Waals surface area contributed by atoms with Gasteiger partial charge in [-0.05, 0) is 40.5 Å². The second kappa shape index (κ2) is 5.94. The van der Waals surface area contributed by atoms with E-state index in [0.29, 0.717) is 26.4 Å². The summed E-state index contributed by atoms with van der Waals surface area (Å²) < 4.78 is 0.622. The first kappa shape index (κ1) is 14.4. The third-order valence-corrected chi connectivity index (χ3v) is 3.46. The van der Waals surface area contributed by atoms with Crippen LogP contribution in [0.25, 0.3) is 0 Å². The highest BCUT2D eigenvalue weighted by Gasteiger charge is 2.12. The molecule has 1 aromatic carbocycles. The Labute approximate surface area is 129 Å². The van der Waals surface area contributed by atoms with Gasteiger partial charge in [-0.15, -0.1) is 0 Å². The van der Waals surface area contributed by atoms with Crippen LogP contribution in [0.1, 0.15) is 18.5 Å².